The van der Waals surface area contributed by atoms with E-state index in [-0.39, 0.29) is 11.5 Å². The second-order valence-electron chi connectivity index (χ2n) is 8.98. The van der Waals surface area contributed by atoms with Crippen LogP contribution in [-0.2, 0) is 0 Å². The van der Waals surface area contributed by atoms with E-state index in [1.54, 1.807) is 17.0 Å². The molecule has 0 radical (unpaired) electrons. The monoisotopic (exact) mass is 435 g/mol. The molecule has 166 valence electrons. The molecule has 2 aliphatic rings. The average Bonchev–Trinajstić information content (AvgIpc) is 3.49. The summed E-state index contributed by atoms with van der Waals surface area (Å²) in [5.74, 6) is 0.849. The van der Waals surface area contributed by atoms with E-state index in [9.17, 15) is 9.18 Å². The first kappa shape index (κ1) is 20.5. The lowest BCUT2D eigenvalue weighted by Gasteiger charge is -2.23. The molecule has 0 N–H and O–H groups in total. The van der Waals surface area contributed by atoms with Crippen LogP contribution in [0, 0.1) is 24.6 Å². The van der Waals surface area contributed by atoms with Crippen molar-refractivity contribution in [3.8, 4) is 5.69 Å². The summed E-state index contributed by atoms with van der Waals surface area (Å²) in [6.07, 6.45) is 3.01. The van der Waals surface area contributed by atoms with Gasteiger partial charge in [0.15, 0.2) is 0 Å². The third-order valence-corrected chi connectivity index (χ3v) is 6.35. The lowest BCUT2D eigenvalue weighted by molar-refractivity contribution is 0.0777. The summed E-state index contributed by atoms with van der Waals surface area (Å²) in [4.78, 5) is 28.0. The average molecular weight is 436 g/mol. The molecule has 0 spiro atoms. The number of hydrogen-bond acceptors (Lipinski definition) is 6. The number of aromatic nitrogens is 5. The SMILES string of the molecule is Cc1cc(C(C)C)nc(N2CC3CN(C(=O)c4c(F)cccc4-n4nccn4)CC3C2)n1. The molecule has 9 heteroatoms. The number of likely N-dealkylation sites (tertiary alicyclic amines) is 1. The van der Waals surface area contributed by atoms with E-state index >= 15 is 0 Å². The number of hydrogen-bond donors (Lipinski definition) is 0. The van der Waals surface area contributed by atoms with Crippen molar-refractivity contribution in [1.29, 1.82) is 0 Å². The molecule has 0 bridgehead atoms. The summed E-state index contributed by atoms with van der Waals surface area (Å²) >= 11 is 0. The number of aryl methyl sites for hydroxylation is 1. The lowest BCUT2D eigenvalue weighted by atomic mass is 10.0. The Kier molecular flexibility index (Phi) is 5.11. The number of carbonyl (C=O) groups is 1. The molecule has 5 rings (SSSR count). The van der Waals surface area contributed by atoms with Gasteiger partial charge in [-0.3, -0.25) is 4.79 Å². The molecule has 0 saturated carbocycles. The first-order chi connectivity index (χ1) is 15.4. The number of amides is 1. The van der Waals surface area contributed by atoms with Crippen molar-refractivity contribution in [3.05, 3.63) is 59.4 Å². The normalized spacial score (nSPS) is 20.3. The zero-order valence-corrected chi connectivity index (χ0v) is 18.4. The van der Waals surface area contributed by atoms with Crippen LogP contribution in [0.25, 0.3) is 5.69 Å². The van der Waals surface area contributed by atoms with Crippen LogP contribution in [0.15, 0.2) is 36.7 Å². The highest BCUT2D eigenvalue weighted by Gasteiger charge is 2.43. The van der Waals surface area contributed by atoms with Gasteiger partial charge in [0.05, 0.1) is 12.4 Å². The van der Waals surface area contributed by atoms with Gasteiger partial charge in [-0.25, -0.2) is 14.4 Å². The van der Waals surface area contributed by atoms with E-state index in [0.717, 1.165) is 30.4 Å². The Morgan fingerprint density at radius 2 is 1.75 bits per heavy atom. The summed E-state index contributed by atoms with van der Waals surface area (Å²) in [6, 6.07) is 6.57. The lowest BCUT2D eigenvalue weighted by Crippen LogP contribution is -2.35. The fourth-order valence-corrected chi connectivity index (χ4v) is 4.73. The van der Waals surface area contributed by atoms with Gasteiger partial charge in [0.25, 0.3) is 5.91 Å². The largest absolute Gasteiger partial charge is 0.340 e. The maximum absolute atomic E-state index is 14.7. The Hall–Kier alpha value is -3.36. The Morgan fingerprint density at radius 1 is 1.06 bits per heavy atom. The van der Waals surface area contributed by atoms with Crippen LogP contribution in [0.3, 0.4) is 0 Å². The van der Waals surface area contributed by atoms with Crippen molar-refractivity contribution in [2.45, 2.75) is 26.7 Å². The smallest absolute Gasteiger partial charge is 0.259 e. The third-order valence-electron chi connectivity index (χ3n) is 6.35. The molecule has 32 heavy (non-hydrogen) atoms. The van der Waals surface area contributed by atoms with Crippen LogP contribution < -0.4 is 4.90 Å². The Morgan fingerprint density at radius 3 is 2.41 bits per heavy atom. The first-order valence-corrected chi connectivity index (χ1v) is 11.0. The number of nitrogens with zero attached hydrogens (tertiary/aromatic N) is 7. The summed E-state index contributed by atoms with van der Waals surface area (Å²) in [7, 11) is 0. The quantitative estimate of drug-likeness (QED) is 0.627. The Balaban J connectivity index is 1.33. The number of halogens is 1. The van der Waals surface area contributed by atoms with Crippen molar-refractivity contribution >= 4 is 11.9 Å². The van der Waals surface area contributed by atoms with E-state index in [4.69, 9.17) is 4.98 Å². The van der Waals surface area contributed by atoms with E-state index in [1.165, 1.54) is 23.3 Å². The van der Waals surface area contributed by atoms with Gasteiger partial charge in [-0.1, -0.05) is 19.9 Å². The minimum Gasteiger partial charge on any atom is -0.340 e. The van der Waals surface area contributed by atoms with Crippen LogP contribution in [0.5, 0.6) is 0 Å². The molecule has 2 aromatic heterocycles. The minimum atomic E-state index is -0.558. The van der Waals surface area contributed by atoms with Gasteiger partial charge in [-0.05, 0) is 31.0 Å². The van der Waals surface area contributed by atoms with E-state index in [1.807, 2.05) is 13.0 Å². The van der Waals surface area contributed by atoms with Crippen molar-refractivity contribution in [1.82, 2.24) is 29.9 Å². The first-order valence-electron chi connectivity index (χ1n) is 11.0. The Labute approximate surface area is 186 Å². The molecule has 1 amide bonds. The second-order valence-corrected chi connectivity index (χ2v) is 8.98. The molecule has 2 aliphatic heterocycles. The van der Waals surface area contributed by atoms with Crippen molar-refractivity contribution in [3.63, 3.8) is 0 Å². The van der Waals surface area contributed by atoms with Crippen LogP contribution in [0.4, 0.5) is 10.3 Å². The number of fused-ring (bicyclic) bond motifs is 1. The zero-order chi connectivity index (χ0) is 22.4. The molecule has 4 heterocycles. The molecular weight excluding hydrogens is 409 g/mol. The predicted octanol–water partition coefficient (Wildman–Crippen LogP) is 2.84. The number of anilines is 1. The number of carbonyl (C=O) groups excluding carboxylic acids is 1. The highest BCUT2D eigenvalue weighted by Crippen LogP contribution is 2.34. The minimum absolute atomic E-state index is 0.0177. The maximum atomic E-state index is 14.7. The van der Waals surface area contributed by atoms with Gasteiger partial charge in [0.2, 0.25) is 5.95 Å². The maximum Gasteiger partial charge on any atom is 0.259 e. The highest BCUT2D eigenvalue weighted by molar-refractivity contribution is 5.98. The second kappa shape index (κ2) is 7.96. The highest BCUT2D eigenvalue weighted by atomic mass is 19.1. The van der Waals surface area contributed by atoms with Gasteiger partial charge in [0, 0.05) is 49.4 Å². The fourth-order valence-electron chi connectivity index (χ4n) is 4.73. The molecule has 8 nitrogen and oxygen atoms in total. The molecule has 2 saturated heterocycles. The van der Waals surface area contributed by atoms with Gasteiger partial charge < -0.3 is 9.80 Å². The molecule has 2 unspecified atom stereocenters. The standard InChI is InChI=1S/C23H26FN7O/c1-14(2)19-9-15(3)27-23(28-19)30-12-16-10-29(11-17(16)13-30)22(32)21-18(24)5-4-6-20(21)31-25-7-8-26-31/h4-9,14,16-17H,10-13H2,1-3H3. The van der Waals surface area contributed by atoms with Gasteiger partial charge in [-0.15, -0.1) is 0 Å². The molecule has 2 atom stereocenters. The molecular formula is C23H26FN7O. The van der Waals surface area contributed by atoms with Gasteiger partial charge in [0.1, 0.15) is 17.1 Å². The Bertz CT molecular complexity index is 1130. The summed E-state index contributed by atoms with van der Waals surface area (Å²) < 4.78 is 14.7. The van der Waals surface area contributed by atoms with Gasteiger partial charge >= 0.3 is 0 Å². The summed E-state index contributed by atoms with van der Waals surface area (Å²) in [5, 5.41) is 8.14. The van der Waals surface area contributed by atoms with E-state index in [0.29, 0.717) is 36.5 Å². The van der Waals surface area contributed by atoms with Gasteiger partial charge in [-0.2, -0.15) is 15.0 Å². The zero-order valence-electron chi connectivity index (χ0n) is 18.4. The summed E-state index contributed by atoms with van der Waals surface area (Å²) in [6.45, 7) is 9.01. The molecule has 3 aromatic rings. The summed E-state index contributed by atoms with van der Waals surface area (Å²) in [5.41, 5.74) is 2.38. The van der Waals surface area contributed by atoms with Crippen LogP contribution >= 0.6 is 0 Å². The molecule has 0 aliphatic carbocycles. The van der Waals surface area contributed by atoms with Crippen LogP contribution in [-0.4, -0.2) is 61.9 Å². The molecule has 2 fully saturated rings. The van der Waals surface area contributed by atoms with Crippen LogP contribution in [0.1, 0.15) is 41.5 Å². The van der Waals surface area contributed by atoms with E-state index < -0.39 is 5.82 Å². The van der Waals surface area contributed by atoms with E-state index in [2.05, 4.69) is 33.9 Å². The third kappa shape index (κ3) is 3.61. The predicted molar refractivity (Wildman–Crippen MR) is 117 cm³/mol. The van der Waals surface area contributed by atoms with Crippen LogP contribution in [0.2, 0.25) is 0 Å². The van der Waals surface area contributed by atoms with Crippen molar-refractivity contribution in [2.75, 3.05) is 31.1 Å². The fraction of sp³-hybridized carbons (Fsp3) is 0.435. The topological polar surface area (TPSA) is 80.0 Å². The molecule has 1 aromatic carbocycles. The van der Waals surface area contributed by atoms with Crippen molar-refractivity contribution in [2.24, 2.45) is 11.8 Å². The number of benzene rings is 1. The number of rotatable bonds is 4. The van der Waals surface area contributed by atoms with Crippen molar-refractivity contribution < 1.29 is 9.18 Å².